The Morgan fingerprint density at radius 3 is 2.34 bits per heavy atom. The maximum absolute atomic E-state index is 2.75. The number of fused-ring (bicyclic) bond motifs is 5. The van der Waals surface area contributed by atoms with E-state index in [2.05, 4.69) is 58.9 Å². The van der Waals surface area contributed by atoms with Gasteiger partial charge in [-0.3, -0.25) is 0 Å². The molecule has 178 valence electrons. The molecule has 0 heteroatoms. The van der Waals surface area contributed by atoms with Crippen LogP contribution < -0.4 is 0 Å². The lowest BCUT2D eigenvalue weighted by atomic mass is 9.44. The second-order valence-electron chi connectivity index (χ2n) is 13.7. The quantitative estimate of drug-likeness (QED) is 0.404. The Labute approximate surface area is 199 Å². The van der Waals surface area contributed by atoms with Crippen molar-refractivity contribution in [3.63, 3.8) is 0 Å². The third-order valence-electron chi connectivity index (χ3n) is 11.8. The number of allylic oxidation sites excluding steroid dienone is 6. The largest absolute Gasteiger partial charge is 0.0628 e. The summed E-state index contributed by atoms with van der Waals surface area (Å²) in [5.41, 5.74) is 4.58. The SMILES string of the molecule is CC(C)CCC[C@@H](C)[C@H]1CC[C@H]2[C@@H]3CCC4CC(=C5C=CC=C5)CC[C@]4(C)[C@H]3CC[C@]12C. The molecule has 0 saturated heterocycles. The molecule has 0 aromatic rings. The first-order valence-corrected chi connectivity index (χ1v) is 14.4. The molecule has 32 heavy (non-hydrogen) atoms. The van der Waals surface area contributed by atoms with Crippen LogP contribution in [0.4, 0.5) is 0 Å². The molecule has 0 radical (unpaired) electrons. The third-order valence-corrected chi connectivity index (χ3v) is 11.8. The van der Waals surface area contributed by atoms with E-state index in [0.717, 1.165) is 41.4 Å². The Kier molecular flexibility index (Phi) is 6.30. The van der Waals surface area contributed by atoms with Crippen LogP contribution in [0.3, 0.4) is 0 Å². The van der Waals surface area contributed by atoms with E-state index in [0.29, 0.717) is 10.8 Å². The second-order valence-corrected chi connectivity index (χ2v) is 13.7. The van der Waals surface area contributed by atoms with Gasteiger partial charge >= 0.3 is 0 Å². The van der Waals surface area contributed by atoms with Gasteiger partial charge < -0.3 is 0 Å². The zero-order valence-corrected chi connectivity index (χ0v) is 21.8. The highest BCUT2D eigenvalue weighted by atomic mass is 14.6. The van der Waals surface area contributed by atoms with E-state index in [1.165, 1.54) is 70.6 Å². The molecule has 0 bridgehead atoms. The molecule has 0 N–H and O–H groups in total. The van der Waals surface area contributed by atoms with Crippen molar-refractivity contribution in [1.82, 2.24) is 0 Å². The minimum absolute atomic E-state index is 0.612. The monoisotopic (exact) mass is 434 g/mol. The molecule has 0 nitrogen and oxygen atoms in total. The smallest absolute Gasteiger partial charge is 0.0260 e. The Hall–Kier alpha value is -0.780. The second kappa shape index (κ2) is 8.78. The standard InChI is InChI=1S/C32H50/c1-22(2)9-8-10-23(3)28-15-16-29-27-14-13-26-21-25(24-11-6-7-12-24)17-19-31(26,4)30(27)18-20-32(28,29)5/h6-7,11-12,22-23,26-30H,8-10,13-21H2,1-5H3/t23-,26?,27+,28-,29+,30+,31+,32-/m1/s1. The summed E-state index contributed by atoms with van der Waals surface area (Å²) >= 11 is 0. The van der Waals surface area contributed by atoms with Gasteiger partial charge in [0.1, 0.15) is 0 Å². The maximum atomic E-state index is 2.75. The van der Waals surface area contributed by atoms with Gasteiger partial charge in [-0.1, -0.05) is 83.8 Å². The lowest BCUT2D eigenvalue weighted by Crippen LogP contribution is -2.53. The van der Waals surface area contributed by atoms with E-state index >= 15 is 0 Å². The van der Waals surface area contributed by atoms with Crippen molar-refractivity contribution >= 4 is 0 Å². The predicted molar refractivity (Wildman–Crippen MR) is 138 cm³/mol. The Morgan fingerprint density at radius 2 is 1.59 bits per heavy atom. The zero-order chi connectivity index (χ0) is 22.5. The molecule has 4 saturated carbocycles. The summed E-state index contributed by atoms with van der Waals surface area (Å²) in [5, 5.41) is 0. The lowest BCUT2D eigenvalue weighted by Gasteiger charge is -2.61. The highest BCUT2D eigenvalue weighted by Gasteiger charge is 2.60. The van der Waals surface area contributed by atoms with Gasteiger partial charge in [0, 0.05) is 0 Å². The molecule has 5 aliphatic rings. The summed E-state index contributed by atoms with van der Waals surface area (Å²) in [5.74, 6) is 6.81. The summed E-state index contributed by atoms with van der Waals surface area (Å²) in [6.07, 6.45) is 26.9. The van der Waals surface area contributed by atoms with E-state index in [4.69, 9.17) is 0 Å². The molecule has 0 aromatic carbocycles. The summed E-state index contributed by atoms with van der Waals surface area (Å²) in [6, 6.07) is 0. The molecule has 0 spiro atoms. The number of hydrogen-bond acceptors (Lipinski definition) is 0. The normalized spacial score (nSPS) is 44.0. The highest BCUT2D eigenvalue weighted by molar-refractivity contribution is 5.44. The van der Waals surface area contributed by atoms with Crippen molar-refractivity contribution in [3.05, 3.63) is 35.5 Å². The highest BCUT2D eigenvalue weighted by Crippen LogP contribution is 2.68. The van der Waals surface area contributed by atoms with E-state index in [-0.39, 0.29) is 0 Å². The topological polar surface area (TPSA) is 0 Å². The third kappa shape index (κ3) is 3.80. The first-order chi connectivity index (χ1) is 15.3. The van der Waals surface area contributed by atoms with Crippen LogP contribution in [0, 0.1) is 52.3 Å². The lowest BCUT2D eigenvalue weighted by molar-refractivity contribution is -0.109. The minimum Gasteiger partial charge on any atom is -0.0628 e. The van der Waals surface area contributed by atoms with Crippen LogP contribution in [0.15, 0.2) is 35.5 Å². The molecule has 5 aliphatic carbocycles. The van der Waals surface area contributed by atoms with E-state index in [9.17, 15) is 0 Å². The Bertz CT molecular complexity index is 766. The van der Waals surface area contributed by atoms with Crippen LogP contribution in [0.2, 0.25) is 0 Å². The average molecular weight is 435 g/mol. The minimum atomic E-state index is 0.612. The summed E-state index contributed by atoms with van der Waals surface area (Å²) in [7, 11) is 0. The van der Waals surface area contributed by atoms with Crippen molar-refractivity contribution in [2.75, 3.05) is 0 Å². The molecule has 1 unspecified atom stereocenters. The summed E-state index contributed by atoms with van der Waals surface area (Å²) in [6.45, 7) is 12.9. The summed E-state index contributed by atoms with van der Waals surface area (Å²) in [4.78, 5) is 0. The van der Waals surface area contributed by atoms with Crippen molar-refractivity contribution in [1.29, 1.82) is 0 Å². The zero-order valence-electron chi connectivity index (χ0n) is 21.8. The predicted octanol–water partition coefficient (Wildman–Crippen LogP) is 9.53. The van der Waals surface area contributed by atoms with Gasteiger partial charge in [-0.05, 0) is 116 Å². The van der Waals surface area contributed by atoms with Gasteiger partial charge in [0.15, 0.2) is 0 Å². The molecular weight excluding hydrogens is 384 g/mol. The fourth-order valence-corrected chi connectivity index (χ4v) is 9.98. The summed E-state index contributed by atoms with van der Waals surface area (Å²) < 4.78 is 0. The van der Waals surface area contributed by atoms with Crippen LogP contribution in [0.1, 0.15) is 112 Å². The molecule has 0 amide bonds. The molecule has 0 aromatic heterocycles. The van der Waals surface area contributed by atoms with Gasteiger partial charge in [0.2, 0.25) is 0 Å². The van der Waals surface area contributed by atoms with Crippen LogP contribution in [0.25, 0.3) is 0 Å². The first-order valence-electron chi connectivity index (χ1n) is 14.4. The van der Waals surface area contributed by atoms with Gasteiger partial charge in [0.05, 0.1) is 0 Å². The molecule has 5 rings (SSSR count). The maximum Gasteiger partial charge on any atom is -0.0260 e. The van der Waals surface area contributed by atoms with E-state index in [1.54, 1.807) is 17.6 Å². The van der Waals surface area contributed by atoms with Crippen LogP contribution in [-0.2, 0) is 0 Å². The molecule has 8 atom stereocenters. The molecule has 0 heterocycles. The number of hydrogen-bond donors (Lipinski definition) is 0. The van der Waals surface area contributed by atoms with Crippen molar-refractivity contribution in [2.24, 2.45) is 52.3 Å². The van der Waals surface area contributed by atoms with Gasteiger partial charge in [-0.25, -0.2) is 0 Å². The fourth-order valence-electron chi connectivity index (χ4n) is 9.98. The Balaban J connectivity index is 1.29. The van der Waals surface area contributed by atoms with Crippen molar-refractivity contribution < 1.29 is 0 Å². The van der Waals surface area contributed by atoms with E-state index in [1.807, 2.05) is 0 Å². The van der Waals surface area contributed by atoms with E-state index < -0.39 is 0 Å². The molecule has 4 fully saturated rings. The van der Waals surface area contributed by atoms with Crippen molar-refractivity contribution in [3.8, 4) is 0 Å². The van der Waals surface area contributed by atoms with Crippen LogP contribution in [0.5, 0.6) is 0 Å². The van der Waals surface area contributed by atoms with Gasteiger partial charge in [-0.2, -0.15) is 0 Å². The Morgan fingerprint density at radius 1 is 0.844 bits per heavy atom. The average Bonchev–Trinajstić information content (AvgIpc) is 3.40. The molecule has 0 aliphatic heterocycles. The van der Waals surface area contributed by atoms with Gasteiger partial charge in [-0.15, -0.1) is 0 Å². The van der Waals surface area contributed by atoms with Crippen molar-refractivity contribution in [2.45, 2.75) is 112 Å². The van der Waals surface area contributed by atoms with Crippen LogP contribution in [-0.4, -0.2) is 0 Å². The molecular formula is C32H50. The first kappa shape index (κ1) is 23.0. The van der Waals surface area contributed by atoms with Gasteiger partial charge in [0.25, 0.3) is 0 Å². The van der Waals surface area contributed by atoms with Crippen LogP contribution >= 0.6 is 0 Å². The fraction of sp³-hybridized carbons (Fsp3) is 0.812. The number of rotatable bonds is 5.